The average Bonchev–Trinajstić information content (AvgIpc) is 2.34. The number of carboxylic acid groups (broad SMARTS) is 1. The Balaban J connectivity index is 2.80. The minimum absolute atomic E-state index is 0.0237. The van der Waals surface area contributed by atoms with Crippen LogP contribution in [0, 0.1) is 0 Å². The number of amides is 1. The van der Waals surface area contributed by atoms with Crippen molar-refractivity contribution in [1.29, 1.82) is 0 Å². The molecule has 0 aliphatic carbocycles. The molecule has 0 spiro atoms. The zero-order valence-electron chi connectivity index (χ0n) is 11.0. The Kier molecular flexibility index (Phi) is 5.18. The molecular weight excluding hydrogens is 270 g/mol. The molecule has 6 heteroatoms. The molecule has 1 N–H and O–H groups in total. The summed E-state index contributed by atoms with van der Waals surface area (Å²) < 4.78 is 5.26. The summed E-state index contributed by atoms with van der Waals surface area (Å²) in [4.78, 5) is 24.3. The number of carboxylic acids is 1. The van der Waals surface area contributed by atoms with Crippen molar-refractivity contribution in [2.75, 3.05) is 13.7 Å². The monoisotopic (exact) mass is 285 g/mol. The van der Waals surface area contributed by atoms with E-state index in [4.69, 9.17) is 21.4 Å². The molecule has 0 saturated heterocycles. The first-order valence-electron chi connectivity index (χ1n) is 5.74. The molecule has 1 rings (SSSR count). The van der Waals surface area contributed by atoms with Gasteiger partial charge >= 0.3 is 5.97 Å². The minimum Gasteiger partial charge on any atom is -0.483 e. The number of rotatable bonds is 5. The lowest BCUT2D eigenvalue weighted by Gasteiger charge is -2.21. The van der Waals surface area contributed by atoms with Crippen LogP contribution in [-0.2, 0) is 4.79 Å². The van der Waals surface area contributed by atoms with Crippen LogP contribution in [0.1, 0.15) is 24.2 Å². The van der Waals surface area contributed by atoms with E-state index < -0.39 is 5.97 Å². The van der Waals surface area contributed by atoms with Crippen molar-refractivity contribution in [1.82, 2.24) is 4.90 Å². The maximum absolute atomic E-state index is 11.7. The Morgan fingerprint density at radius 3 is 2.58 bits per heavy atom. The lowest BCUT2D eigenvalue weighted by atomic mass is 10.2. The minimum atomic E-state index is -1.13. The molecule has 0 heterocycles. The SMILES string of the molecule is CC(C)N(C)C(=O)COc1cc(Cl)ccc1C(=O)O. The Morgan fingerprint density at radius 2 is 2.05 bits per heavy atom. The molecule has 1 amide bonds. The highest BCUT2D eigenvalue weighted by molar-refractivity contribution is 6.30. The van der Waals surface area contributed by atoms with Crippen molar-refractivity contribution in [3.05, 3.63) is 28.8 Å². The van der Waals surface area contributed by atoms with Crippen LogP contribution < -0.4 is 4.74 Å². The highest BCUT2D eigenvalue weighted by Gasteiger charge is 2.16. The number of ether oxygens (including phenoxy) is 1. The molecule has 0 aliphatic rings. The third kappa shape index (κ3) is 4.13. The van der Waals surface area contributed by atoms with Crippen LogP contribution in [0.5, 0.6) is 5.75 Å². The molecule has 19 heavy (non-hydrogen) atoms. The van der Waals surface area contributed by atoms with E-state index in [1.165, 1.54) is 23.1 Å². The maximum Gasteiger partial charge on any atom is 0.339 e. The van der Waals surface area contributed by atoms with Crippen molar-refractivity contribution in [2.24, 2.45) is 0 Å². The molecule has 0 aliphatic heterocycles. The number of hydrogen-bond donors (Lipinski definition) is 1. The molecule has 0 aromatic heterocycles. The molecule has 0 atom stereocenters. The predicted molar refractivity (Wildman–Crippen MR) is 71.8 cm³/mol. The number of benzene rings is 1. The topological polar surface area (TPSA) is 66.8 Å². The summed E-state index contributed by atoms with van der Waals surface area (Å²) >= 11 is 5.78. The van der Waals surface area contributed by atoms with Gasteiger partial charge in [0.1, 0.15) is 11.3 Å². The second-order valence-electron chi connectivity index (χ2n) is 4.33. The van der Waals surface area contributed by atoms with Gasteiger partial charge in [0.2, 0.25) is 0 Å². The van der Waals surface area contributed by atoms with Crippen LogP contribution in [0.15, 0.2) is 18.2 Å². The van der Waals surface area contributed by atoms with Gasteiger partial charge in [0.25, 0.3) is 5.91 Å². The molecule has 0 radical (unpaired) electrons. The molecule has 1 aromatic carbocycles. The van der Waals surface area contributed by atoms with Crippen LogP contribution in [0.2, 0.25) is 5.02 Å². The van der Waals surface area contributed by atoms with Gasteiger partial charge in [-0.3, -0.25) is 4.79 Å². The van der Waals surface area contributed by atoms with Gasteiger partial charge in [0, 0.05) is 18.1 Å². The molecule has 0 fully saturated rings. The van der Waals surface area contributed by atoms with E-state index >= 15 is 0 Å². The van der Waals surface area contributed by atoms with Gasteiger partial charge in [-0.25, -0.2) is 4.79 Å². The summed E-state index contributed by atoms with van der Waals surface area (Å²) in [5.74, 6) is -1.27. The van der Waals surface area contributed by atoms with Gasteiger partial charge in [-0.2, -0.15) is 0 Å². The zero-order valence-corrected chi connectivity index (χ0v) is 11.8. The first kappa shape index (κ1) is 15.3. The second-order valence-corrected chi connectivity index (χ2v) is 4.77. The van der Waals surface area contributed by atoms with Crippen LogP contribution in [0.25, 0.3) is 0 Å². The molecular formula is C13H16ClNO4. The largest absolute Gasteiger partial charge is 0.483 e. The Morgan fingerprint density at radius 1 is 1.42 bits per heavy atom. The van der Waals surface area contributed by atoms with E-state index in [0.29, 0.717) is 5.02 Å². The standard InChI is InChI=1S/C13H16ClNO4/c1-8(2)15(3)12(16)7-19-11-6-9(14)4-5-10(11)13(17)18/h4-6,8H,7H2,1-3H3,(H,17,18). The van der Waals surface area contributed by atoms with E-state index in [-0.39, 0.29) is 29.9 Å². The van der Waals surface area contributed by atoms with Crippen molar-refractivity contribution in [3.8, 4) is 5.75 Å². The third-order valence-electron chi connectivity index (χ3n) is 2.69. The van der Waals surface area contributed by atoms with Gasteiger partial charge in [-0.15, -0.1) is 0 Å². The van der Waals surface area contributed by atoms with E-state index in [2.05, 4.69) is 0 Å². The van der Waals surface area contributed by atoms with Crippen LogP contribution in [-0.4, -0.2) is 41.6 Å². The molecule has 0 bridgehead atoms. The summed E-state index contributed by atoms with van der Waals surface area (Å²) in [6.45, 7) is 3.52. The highest BCUT2D eigenvalue weighted by atomic mass is 35.5. The molecule has 0 saturated carbocycles. The van der Waals surface area contributed by atoms with Crippen molar-refractivity contribution in [2.45, 2.75) is 19.9 Å². The lowest BCUT2D eigenvalue weighted by Crippen LogP contribution is -2.36. The fourth-order valence-electron chi connectivity index (χ4n) is 1.32. The fourth-order valence-corrected chi connectivity index (χ4v) is 1.48. The van der Waals surface area contributed by atoms with Gasteiger partial charge in [-0.1, -0.05) is 11.6 Å². The van der Waals surface area contributed by atoms with Gasteiger partial charge in [-0.05, 0) is 32.0 Å². The van der Waals surface area contributed by atoms with Crippen LogP contribution in [0.4, 0.5) is 0 Å². The van der Waals surface area contributed by atoms with E-state index in [1.54, 1.807) is 7.05 Å². The summed E-state index contributed by atoms with van der Waals surface area (Å²) in [6, 6.07) is 4.24. The number of halogens is 1. The fraction of sp³-hybridized carbons (Fsp3) is 0.385. The number of aromatic carboxylic acids is 1. The van der Waals surface area contributed by atoms with Crippen LogP contribution in [0.3, 0.4) is 0 Å². The Bertz CT molecular complexity index is 488. The number of carbonyl (C=O) groups excluding carboxylic acids is 1. The number of carbonyl (C=O) groups is 2. The first-order valence-corrected chi connectivity index (χ1v) is 6.12. The second kappa shape index (κ2) is 6.43. The Hall–Kier alpha value is -1.75. The summed E-state index contributed by atoms with van der Waals surface area (Å²) in [6.07, 6.45) is 0. The smallest absolute Gasteiger partial charge is 0.339 e. The normalized spacial score (nSPS) is 10.4. The quantitative estimate of drug-likeness (QED) is 0.901. The number of likely N-dealkylation sites (N-methyl/N-ethyl adjacent to an activating group) is 1. The molecule has 104 valence electrons. The van der Waals surface area contributed by atoms with Crippen LogP contribution >= 0.6 is 11.6 Å². The lowest BCUT2D eigenvalue weighted by molar-refractivity contribution is -0.133. The number of nitrogens with zero attached hydrogens (tertiary/aromatic N) is 1. The number of hydrogen-bond acceptors (Lipinski definition) is 3. The predicted octanol–water partition coefficient (Wildman–Crippen LogP) is 2.28. The van der Waals surface area contributed by atoms with Crippen molar-refractivity contribution in [3.63, 3.8) is 0 Å². The maximum atomic E-state index is 11.7. The van der Waals surface area contributed by atoms with E-state index in [0.717, 1.165) is 0 Å². The highest BCUT2D eigenvalue weighted by Crippen LogP contribution is 2.23. The van der Waals surface area contributed by atoms with Gasteiger partial charge in [0.05, 0.1) is 0 Å². The van der Waals surface area contributed by atoms with E-state index in [9.17, 15) is 9.59 Å². The van der Waals surface area contributed by atoms with Crippen molar-refractivity contribution < 1.29 is 19.4 Å². The molecule has 5 nitrogen and oxygen atoms in total. The van der Waals surface area contributed by atoms with Crippen molar-refractivity contribution >= 4 is 23.5 Å². The zero-order chi connectivity index (χ0) is 14.6. The van der Waals surface area contributed by atoms with E-state index in [1.807, 2.05) is 13.8 Å². The summed E-state index contributed by atoms with van der Waals surface area (Å²) in [7, 11) is 1.66. The summed E-state index contributed by atoms with van der Waals surface area (Å²) in [5, 5.41) is 9.35. The molecule has 0 unspecified atom stereocenters. The average molecular weight is 286 g/mol. The van der Waals surface area contributed by atoms with Gasteiger partial charge in [0.15, 0.2) is 6.61 Å². The Labute approximate surface area is 116 Å². The molecule has 1 aromatic rings. The first-order chi connectivity index (χ1) is 8.82. The van der Waals surface area contributed by atoms with Gasteiger partial charge < -0.3 is 14.7 Å². The third-order valence-corrected chi connectivity index (χ3v) is 2.93. The summed E-state index contributed by atoms with van der Waals surface area (Å²) in [5.41, 5.74) is -0.0237.